The average molecular weight is 206 g/mol. The summed E-state index contributed by atoms with van der Waals surface area (Å²) in [6.45, 7) is 3.24. The molecule has 0 fully saturated rings. The van der Waals surface area contributed by atoms with Crippen LogP contribution in [0.4, 0.5) is 17.1 Å². The maximum absolute atomic E-state index is 5.74. The van der Waals surface area contributed by atoms with Gasteiger partial charge >= 0.3 is 0 Å². The van der Waals surface area contributed by atoms with E-state index in [4.69, 9.17) is 5.73 Å². The third-order valence-corrected chi connectivity index (χ3v) is 2.67. The van der Waals surface area contributed by atoms with Gasteiger partial charge in [0.1, 0.15) is 0 Å². The van der Waals surface area contributed by atoms with Crippen LogP contribution in [0.15, 0.2) is 18.2 Å². The molecule has 1 aromatic carbocycles. The highest BCUT2D eigenvalue weighted by Gasteiger charge is 2.22. The Balaban J connectivity index is 2.21. The number of hydrogen-bond acceptors (Lipinski definition) is 4. The van der Waals surface area contributed by atoms with Crippen molar-refractivity contribution in [2.24, 2.45) is 0 Å². The topological polar surface area (TPSA) is 44.5 Å². The smallest absolute Gasteiger partial charge is 0.0786 e. The fourth-order valence-electron chi connectivity index (χ4n) is 1.84. The Morgan fingerprint density at radius 2 is 2.20 bits per heavy atom. The lowest BCUT2D eigenvalue weighted by atomic mass is 10.2. The van der Waals surface area contributed by atoms with Crippen LogP contribution in [-0.4, -0.2) is 18.7 Å². The van der Waals surface area contributed by atoms with Crippen molar-refractivity contribution >= 4 is 17.1 Å². The molecule has 0 saturated heterocycles. The van der Waals surface area contributed by atoms with Crippen LogP contribution in [0.5, 0.6) is 0 Å². The zero-order valence-corrected chi connectivity index (χ0v) is 9.33. The number of nitrogens with one attached hydrogen (secondary N) is 1. The predicted octanol–water partition coefficient (Wildman–Crippen LogP) is 2.06. The summed E-state index contributed by atoms with van der Waals surface area (Å²) < 4.78 is 0. The lowest BCUT2D eigenvalue weighted by Crippen LogP contribution is -2.38. The van der Waals surface area contributed by atoms with Crippen LogP contribution >= 0.6 is 0 Å². The summed E-state index contributed by atoms with van der Waals surface area (Å²) >= 11 is 0. The van der Waals surface area contributed by atoms with Crippen LogP contribution in [-0.2, 0) is 0 Å². The van der Waals surface area contributed by atoms with Gasteiger partial charge in [0.2, 0.25) is 0 Å². The number of nitrogens with two attached hydrogens (primary N) is 1. The normalized spacial score (nSPS) is 15.2. The van der Waals surface area contributed by atoms with E-state index in [1.807, 2.05) is 24.3 Å². The summed E-state index contributed by atoms with van der Waals surface area (Å²) in [5.41, 5.74) is 12.1. The van der Waals surface area contributed by atoms with E-state index in [1.54, 1.807) is 0 Å². The number of rotatable bonds is 3. The minimum Gasteiger partial charge on any atom is -0.399 e. The van der Waals surface area contributed by atoms with Gasteiger partial charge in [0.05, 0.1) is 11.4 Å². The summed E-state index contributed by atoms with van der Waals surface area (Å²) in [5, 5.41) is 4.25. The van der Waals surface area contributed by atoms with Crippen molar-refractivity contribution in [3.63, 3.8) is 0 Å². The lowest BCUT2D eigenvalue weighted by molar-refractivity contribution is 0.380. The van der Waals surface area contributed by atoms with Crippen LogP contribution in [0.3, 0.4) is 0 Å². The highest BCUT2D eigenvalue weighted by molar-refractivity contribution is 5.76. The molecule has 0 amide bonds. The molecule has 0 saturated carbocycles. The van der Waals surface area contributed by atoms with Crippen molar-refractivity contribution in [2.45, 2.75) is 19.8 Å². The van der Waals surface area contributed by atoms with Crippen molar-refractivity contribution in [1.29, 1.82) is 0 Å². The number of unbranched alkanes of at least 4 members (excludes halogenated alkanes) is 1. The molecule has 4 nitrogen and oxygen atoms in total. The molecule has 4 heteroatoms. The van der Waals surface area contributed by atoms with Crippen molar-refractivity contribution in [3.8, 4) is 0 Å². The molecule has 1 aromatic rings. The second-order valence-corrected chi connectivity index (χ2v) is 3.89. The Morgan fingerprint density at radius 1 is 1.40 bits per heavy atom. The molecule has 2 rings (SSSR count). The molecule has 1 aliphatic rings. The number of nitrogen functional groups attached to an aromatic ring is 1. The molecule has 0 unspecified atom stereocenters. The number of fused-ring (bicyclic) bond motifs is 1. The highest BCUT2D eigenvalue weighted by Crippen LogP contribution is 2.34. The van der Waals surface area contributed by atoms with Crippen LogP contribution < -0.4 is 16.2 Å². The summed E-state index contributed by atoms with van der Waals surface area (Å²) in [6.07, 6.45) is 2.39. The first kappa shape index (κ1) is 10.1. The molecule has 3 N–H and O–H groups in total. The van der Waals surface area contributed by atoms with Crippen LogP contribution in [0.1, 0.15) is 19.8 Å². The number of nitrogens with zero attached hydrogens (tertiary/aromatic N) is 2. The van der Waals surface area contributed by atoms with E-state index < -0.39 is 0 Å². The maximum atomic E-state index is 5.74. The van der Waals surface area contributed by atoms with Gasteiger partial charge < -0.3 is 5.73 Å². The summed E-state index contributed by atoms with van der Waals surface area (Å²) in [4.78, 5) is 0. The zero-order valence-electron chi connectivity index (χ0n) is 9.33. The quantitative estimate of drug-likeness (QED) is 0.743. The van der Waals surface area contributed by atoms with Gasteiger partial charge in [-0.15, -0.1) is 5.12 Å². The third-order valence-electron chi connectivity index (χ3n) is 2.67. The summed E-state index contributed by atoms with van der Waals surface area (Å²) in [7, 11) is 2.02. The molecule has 0 spiro atoms. The van der Waals surface area contributed by atoms with Gasteiger partial charge in [-0.25, -0.2) is 0 Å². The summed E-state index contributed by atoms with van der Waals surface area (Å²) in [6, 6.07) is 5.98. The van der Waals surface area contributed by atoms with E-state index in [0.717, 1.165) is 17.9 Å². The molecule has 0 atom stereocenters. The molecule has 15 heavy (non-hydrogen) atoms. The van der Waals surface area contributed by atoms with Crippen molar-refractivity contribution < 1.29 is 0 Å². The second-order valence-electron chi connectivity index (χ2n) is 3.89. The Labute approximate surface area is 90.6 Å². The van der Waals surface area contributed by atoms with E-state index in [-0.39, 0.29) is 0 Å². The number of anilines is 3. The monoisotopic (exact) mass is 206 g/mol. The van der Waals surface area contributed by atoms with Crippen LogP contribution in [0.2, 0.25) is 0 Å². The predicted molar refractivity (Wildman–Crippen MR) is 64.5 cm³/mol. The first-order valence-electron chi connectivity index (χ1n) is 5.39. The van der Waals surface area contributed by atoms with E-state index in [9.17, 15) is 0 Å². The Morgan fingerprint density at radius 3 is 2.93 bits per heavy atom. The number of hydrogen-bond donors (Lipinski definition) is 2. The Bertz CT molecular complexity index is 350. The van der Waals surface area contributed by atoms with E-state index >= 15 is 0 Å². The van der Waals surface area contributed by atoms with E-state index in [0.29, 0.717) is 0 Å². The van der Waals surface area contributed by atoms with Crippen molar-refractivity contribution in [3.05, 3.63) is 18.2 Å². The third kappa shape index (κ3) is 1.85. The maximum Gasteiger partial charge on any atom is 0.0786 e. The van der Waals surface area contributed by atoms with Gasteiger partial charge in [0.15, 0.2) is 0 Å². The van der Waals surface area contributed by atoms with Crippen molar-refractivity contribution in [1.82, 2.24) is 5.12 Å². The minimum absolute atomic E-state index is 0.798. The van der Waals surface area contributed by atoms with Gasteiger partial charge in [-0.05, 0) is 24.6 Å². The average Bonchev–Trinajstić information content (AvgIpc) is 2.50. The molecular formula is C11H18N4. The minimum atomic E-state index is 0.798. The Kier molecular flexibility index (Phi) is 2.68. The fourth-order valence-corrected chi connectivity index (χ4v) is 1.84. The first-order chi connectivity index (χ1) is 7.22. The molecule has 0 bridgehead atoms. The molecule has 82 valence electrons. The fraction of sp³-hybridized carbons (Fsp3) is 0.455. The first-order valence-corrected chi connectivity index (χ1v) is 5.39. The van der Waals surface area contributed by atoms with Gasteiger partial charge in [-0.1, -0.05) is 13.3 Å². The molecular weight excluding hydrogens is 188 g/mol. The second kappa shape index (κ2) is 3.98. The molecule has 1 aliphatic heterocycles. The van der Waals surface area contributed by atoms with E-state index in [2.05, 4.69) is 23.4 Å². The van der Waals surface area contributed by atoms with Crippen LogP contribution in [0.25, 0.3) is 0 Å². The molecule has 0 aliphatic carbocycles. The van der Waals surface area contributed by atoms with E-state index in [1.165, 1.54) is 18.5 Å². The summed E-state index contributed by atoms with van der Waals surface area (Å²) in [5.74, 6) is 0. The van der Waals surface area contributed by atoms with Gasteiger partial charge in [0, 0.05) is 19.3 Å². The molecule has 1 heterocycles. The largest absolute Gasteiger partial charge is 0.399 e. The van der Waals surface area contributed by atoms with Gasteiger partial charge in [-0.3, -0.25) is 10.4 Å². The van der Waals surface area contributed by atoms with Crippen molar-refractivity contribution in [2.75, 3.05) is 29.8 Å². The standard InChI is InChI=1S/C11H18N4/c1-3-4-7-15-11-6-5-9(12)8-10(11)13-14(15)2/h5-6,8,13H,3-4,7,12H2,1-2H3. The SMILES string of the molecule is CCCCN1c2ccc(N)cc2NN1C. The number of hydrazine groups is 2. The highest BCUT2D eigenvalue weighted by atomic mass is 15.8. The molecule has 0 radical (unpaired) electrons. The Hall–Kier alpha value is -1.42. The van der Waals surface area contributed by atoms with Gasteiger partial charge in [0.25, 0.3) is 0 Å². The number of benzene rings is 1. The van der Waals surface area contributed by atoms with Crippen LogP contribution in [0, 0.1) is 0 Å². The van der Waals surface area contributed by atoms with Gasteiger partial charge in [-0.2, -0.15) is 0 Å². The lowest BCUT2D eigenvalue weighted by Gasteiger charge is -2.25. The zero-order chi connectivity index (χ0) is 10.8. The molecule has 0 aromatic heterocycles.